The number of hydrogen-bond acceptors (Lipinski definition) is 7. The number of piperidine rings is 1. The first-order valence-corrected chi connectivity index (χ1v) is 7.42. The molecule has 1 atom stereocenters. The summed E-state index contributed by atoms with van der Waals surface area (Å²) in [6.07, 6.45) is 2.15. The SMILES string of the molecule is COCc1nc(C)cc(N2CCC[C@@H](c3nc(N)n[nH]3)C2)n1. The van der Waals surface area contributed by atoms with Gasteiger partial charge in [-0.05, 0) is 19.8 Å². The van der Waals surface area contributed by atoms with Crippen molar-refractivity contribution in [2.45, 2.75) is 32.3 Å². The number of nitrogens with two attached hydrogens (primary N) is 1. The van der Waals surface area contributed by atoms with E-state index in [1.54, 1.807) is 7.11 Å². The highest BCUT2D eigenvalue weighted by Crippen LogP contribution is 2.27. The number of methoxy groups -OCH3 is 1. The predicted molar refractivity (Wildman–Crippen MR) is 82.5 cm³/mol. The Morgan fingerprint density at radius 3 is 3.00 bits per heavy atom. The molecule has 118 valence electrons. The molecular formula is C14H21N7O. The maximum absolute atomic E-state index is 5.60. The minimum Gasteiger partial charge on any atom is -0.377 e. The van der Waals surface area contributed by atoms with Crippen LogP contribution in [0.25, 0.3) is 0 Å². The number of aryl methyl sites for hydroxylation is 1. The number of rotatable bonds is 4. The summed E-state index contributed by atoms with van der Waals surface area (Å²) in [5.41, 5.74) is 6.55. The molecular weight excluding hydrogens is 282 g/mol. The predicted octanol–water partition coefficient (Wildman–Crippen LogP) is 1.02. The zero-order chi connectivity index (χ0) is 15.5. The Bertz CT molecular complexity index is 642. The highest BCUT2D eigenvalue weighted by atomic mass is 16.5. The van der Waals surface area contributed by atoms with Crippen LogP contribution in [0.2, 0.25) is 0 Å². The average molecular weight is 303 g/mol. The summed E-state index contributed by atoms with van der Waals surface area (Å²) in [7, 11) is 1.65. The molecule has 3 N–H and O–H groups in total. The number of aromatic amines is 1. The number of nitrogens with zero attached hydrogens (tertiary/aromatic N) is 5. The molecule has 22 heavy (non-hydrogen) atoms. The molecule has 0 unspecified atom stereocenters. The summed E-state index contributed by atoms with van der Waals surface area (Å²) in [6.45, 7) is 4.22. The van der Waals surface area contributed by atoms with Crippen LogP contribution in [0.4, 0.5) is 11.8 Å². The molecule has 0 spiro atoms. The molecule has 1 aliphatic rings. The lowest BCUT2D eigenvalue weighted by Crippen LogP contribution is -2.35. The fraction of sp³-hybridized carbons (Fsp3) is 0.571. The molecule has 2 aromatic heterocycles. The number of anilines is 2. The molecule has 3 rings (SSSR count). The Labute approximate surface area is 129 Å². The molecule has 0 aromatic carbocycles. The summed E-state index contributed by atoms with van der Waals surface area (Å²) in [5.74, 6) is 3.09. The van der Waals surface area contributed by atoms with Gasteiger partial charge in [-0.25, -0.2) is 9.97 Å². The standard InChI is InChI=1S/C14H21N7O/c1-9-6-12(17-11(16-9)8-22-2)21-5-3-4-10(7-21)13-18-14(15)20-19-13/h6,10H,3-5,7-8H2,1-2H3,(H3,15,18,19,20)/t10-/m1/s1. The monoisotopic (exact) mass is 303 g/mol. The highest BCUT2D eigenvalue weighted by Gasteiger charge is 2.25. The minimum absolute atomic E-state index is 0.291. The Hall–Kier alpha value is -2.22. The van der Waals surface area contributed by atoms with Gasteiger partial charge in [0.15, 0.2) is 5.82 Å². The van der Waals surface area contributed by atoms with Crippen molar-refractivity contribution in [3.05, 3.63) is 23.4 Å². The molecule has 3 heterocycles. The second-order valence-corrected chi connectivity index (χ2v) is 5.58. The van der Waals surface area contributed by atoms with Crippen molar-refractivity contribution in [1.29, 1.82) is 0 Å². The first-order valence-electron chi connectivity index (χ1n) is 7.42. The largest absolute Gasteiger partial charge is 0.377 e. The molecule has 0 saturated carbocycles. The van der Waals surface area contributed by atoms with Crippen LogP contribution < -0.4 is 10.6 Å². The highest BCUT2D eigenvalue weighted by molar-refractivity contribution is 5.41. The number of hydrogen-bond donors (Lipinski definition) is 2. The first kappa shape index (κ1) is 14.7. The van der Waals surface area contributed by atoms with Gasteiger partial charge in [-0.15, -0.1) is 5.10 Å². The van der Waals surface area contributed by atoms with Gasteiger partial charge >= 0.3 is 0 Å². The van der Waals surface area contributed by atoms with E-state index in [2.05, 4.69) is 30.0 Å². The van der Waals surface area contributed by atoms with Crippen LogP contribution in [0, 0.1) is 6.92 Å². The minimum atomic E-state index is 0.291. The van der Waals surface area contributed by atoms with Gasteiger partial charge in [-0.2, -0.15) is 4.98 Å². The van der Waals surface area contributed by atoms with E-state index in [-0.39, 0.29) is 0 Å². The van der Waals surface area contributed by atoms with Gasteiger partial charge in [0.05, 0.1) is 0 Å². The van der Waals surface area contributed by atoms with Gasteiger partial charge in [-0.3, -0.25) is 5.10 Å². The van der Waals surface area contributed by atoms with E-state index in [4.69, 9.17) is 10.5 Å². The van der Waals surface area contributed by atoms with E-state index in [0.717, 1.165) is 43.3 Å². The third kappa shape index (κ3) is 3.16. The van der Waals surface area contributed by atoms with E-state index < -0.39 is 0 Å². The Morgan fingerprint density at radius 1 is 1.41 bits per heavy atom. The molecule has 1 fully saturated rings. The summed E-state index contributed by atoms with van der Waals surface area (Å²) >= 11 is 0. The molecule has 0 amide bonds. The van der Waals surface area contributed by atoms with E-state index in [9.17, 15) is 0 Å². The third-order valence-corrected chi connectivity index (χ3v) is 3.81. The van der Waals surface area contributed by atoms with Crippen LogP contribution in [0.3, 0.4) is 0 Å². The van der Waals surface area contributed by atoms with E-state index >= 15 is 0 Å². The molecule has 0 bridgehead atoms. The van der Waals surface area contributed by atoms with Gasteiger partial charge in [0.25, 0.3) is 0 Å². The molecule has 8 nitrogen and oxygen atoms in total. The number of H-pyrrole nitrogens is 1. The van der Waals surface area contributed by atoms with Crippen LogP contribution in [0.15, 0.2) is 6.07 Å². The fourth-order valence-corrected chi connectivity index (χ4v) is 2.85. The van der Waals surface area contributed by atoms with Crippen molar-refractivity contribution in [1.82, 2.24) is 25.1 Å². The second-order valence-electron chi connectivity index (χ2n) is 5.58. The maximum atomic E-state index is 5.60. The topological polar surface area (TPSA) is 106 Å². The van der Waals surface area contributed by atoms with Gasteiger partial charge in [0.1, 0.15) is 18.2 Å². The lowest BCUT2D eigenvalue weighted by atomic mass is 9.97. The van der Waals surface area contributed by atoms with Crippen molar-refractivity contribution in [2.75, 3.05) is 30.8 Å². The Kier molecular flexibility index (Phi) is 4.19. The summed E-state index contributed by atoms with van der Waals surface area (Å²) in [5, 5.41) is 6.85. The van der Waals surface area contributed by atoms with E-state index in [1.165, 1.54) is 0 Å². The van der Waals surface area contributed by atoms with E-state index in [0.29, 0.717) is 24.3 Å². The van der Waals surface area contributed by atoms with Crippen LogP contribution >= 0.6 is 0 Å². The zero-order valence-corrected chi connectivity index (χ0v) is 12.9. The van der Waals surface area contributed by atoms with Crippen LogP contribution in [0.5, 0.6) is 0 Å². The van der Waals surface area contributed by atoms with Crippen molar-refractivity contribution < 1.29 is 4.74 Å². The van der Waals surface area contributed by atoms with Gasteiger partial charge in [-0.1, -0.05) is 0 Å². The molecule has 0 aliphatic carbocycles. The summed E-state index contributed by atoms with van der Waals surface area (Å²) in [4.78, 5) is 15.5. The fourth-order valence-electron chi connectivity index (χ4n) is 2.85. The molecule has 8 heteroatoms. The zero-order valence-electron chi connectivity index (χ0n) is 12.9. The molecule has 1 saturated heterocycles. The summed E-state index contributed by atoms with van der Waals surface area (Å²) < 4.78 is 5.14. The number of nitrogens with one attached hydrogen (secondary N) is 1. The van der Waals surface area contributed by atoms with Gasteiger partial charge in [0, 0.05) is 37.9 Å². The molecule has 0 radical (unpaired) electrons. The van der Waals surface area contributed by atoms with Crippen molar-refractivity contribution in [3.8, 4) is 0 Å². The van der Waals surface area contributed by atoms with Crippen molar-refractivity contribution >= 4 is 11.8 Å². The molecule has 1 aliphatic heterocycles. The van der Waals surface area contributed by atoms with Crippen LogP contribution in [-0.4, -0.2) is 45.3 Å². The van der Waals surface area contributed by atoms with Crippen molar-refractivity contribution in [3.63, 3.8) is 0 Å². The third-order valence-electron chi connectivity index (χ3n) is 3.81. The Morgan fingerprint density at radius 2 is 2.27 bits per heavy atom. The number of nitrogen functional groups attached to an aromatic ring is 1. The van der Waals surface area contributed by atoms with Crippen molar-refractivity contribution in [2.24, 2.45) is 0 Å². The smallest absolute Gasteiger partial charge is 0.239 e. The van der Waals surface area contributed by atoms with Crippen LogP contribution in [0.1, 0.15) is 36.1 Å². The normalized spacial score (nSPS) is 18.6. The first-order chi connectivity index (χ1) is 10.7. The molecule has 2 aromatic rings. The lowest BCUT2D eigenvalue weighted by molar-refractivity contribution is 0.177. The van der Waals surface area contributed by atoms with Gasteiger partial charge < -0.3 is 15.4 Å². The van der Waals surface area contributed by atoms with E-state index in [1.807, 2.05) is 13.0 Å². The number of aromatic nitrogens is 5. The lowest BCUT2D eigenvalue weighted by Gasteiger charge is -2.32. The Balaban J connectivity index is 1.79. The maximum Gasteiger partial charge on any atom is 0.239 e. The summed E-state index contributed by atoms with van der Waals surface area (Å²) in [6, 6.07) is 2.01. The quantitative estimate of drug-likeness (QED) is 0.868. The number of ether oxygens (including phenoxy) is 1. The second kappa shape index (κ2) is 6.27. The average Bonchev–Trinajstić information content (AvgIpc) is 2.94. The van der Waals surface area contributed by atoms with Gasteiger partial charge in [0.2, 0.25) is 5.95 Å². The van der Waals surface area contributed by atoms with Crippen LogP contribution in [-0.2, 0) is 11.3 Å².